The summed E-state index contributed by atoms with van der Waals surface area (Å²) in [4.78, 5) is 17.8. The highest BCUT2D eigenvalue weighted by Crippen LogP contribution is 2.43. The number of sulfone groups is 1. The van der Waals surface area contributed by atoms with Crippen molar-refractivity contribution in [1.29, 1.82) is 0 Å². The smallest absolute Gasteiger partial charge is 0.395 e. The summed E-state index contributed by atoms with van der Waals surface area (Å²) in [5.41, 5.74) is 2.79. The summed E-state index contributed by atoms with van der Waals surface area (Å²) in [7, 11) is -1.76. The van der Waals surface area contributed by atoms with Crippen LogP contribution in [-0.2, 0) is 27.7 Å². The lowest BCUT2D eigenvalue weighted by Gasteiger charge is -2.15. The van der Waals surface area contributed by atoms with Crippen molar-refractivity contribution in [2.45, 2.75) is 44.2 Å². The normalized spacial score (nSPS) is 14.8. The average molecular weight is 572 g/mol. The van der Waals surface area contributed by atoms with Crippen LogP contribution >= 0.6 is 0 Å². The minimum atomic E-state index is -3.74. The number of imidazole rings is 1. The molecule has 1 amide bonds. The van der Waals surface area contributed by atoms with Gasteiger partial charge in [-0.15, -0.1) is 8.78 Å². The molecule has 1 aromatic heterocycles. The molecule has 0 fully saturated rings. The summed E-state index contributed by atoms with van der Waals surface area (Å²) in [5.74, 6) is 0.130. The molecule has 1 atom stereocenters. The van der Waals surface area contributed by atoms with Gasteiger partial charge in [-0.3, -0.25) is 4.79 Å². The van der Waals surface area contributed by atoms with E-state index in [1.54, 1.807) is 49.4 Å². The molecule has 1 aliphatic rings. The van der Waals surface area contributed by atoms with Crippen molar-refractivity contribution in [3.8, 4) is 11.5 Å². The van der Waals surface area contributed by atoms with Gasteiger partial charge in [0.15, 0.2) is 21.3 Å². The lowest BCUT2D eigenvalue weighted by atomic mass is 10.1. The predicted molar refractivity (Wildman–Crippen MR) is 142 cm³/mol. The first-order valence-electron chi connectivity index (χ1n) is 12.5. The largest absolute Gasteiger partial charge is 0.586 e. The van der Waals surface area contributed by atoms with Gasteiger partial charge in [-0.25, -0.2) is 13.4 Å². The number of hydrogen-bond donors (Lipinski definition) is 1. The number of aromatic nitrogens is 2. The van der Waals surface area contributed by atoms with E-state index in [9.17, 15) is 22.0 Å². The molecule has 0 bridgehead atoms. The number of carbonyl (C=O) groups excluding carboxylic acids is 1. The van der Waals surface area contributed by atoms with Crippen molar-refractivity contribution in [3.63, 3.8) is 0 Å². The Kier molecular flexibility index (Phi) is 7.23. The van der Waals surface area contributed by atoms with Crippen molar-refractivity contribution in [2.24, 2.45) is 0 Å². The fraction of sp³-hybridized carbons (Fsp3) is 0.286. The van der Waals surface area contributed by atoms with Crippen LogP contribution in [0.5, 0.6) is 11.5 Å². The summed E-state index contributed by atoms with van der Waals surface area (Å²) in [6.07, 6.45) is -4.17. The van der Waals surface area contributed by atoms with Gasteiger partial charge in [-0.05, 0) is 48.9 Å². The maximum absolute atomic E-state index is 13.7. The summed E-state index contributed by atoms with van der Waals surface area (Å²) in [6, 6.07) is 16.1. The third-order valence-electron chi connectivity index (χ3n) is 6.71. The van der Waals surface area contributed by atoms with E-state index in [-0.39, 0.29) is 41.1 Å². The van der Waals surface area contributed by atoms with E-state index >= 15 is 0 Å². The number of methoxy groups -OCH3 is 1. The molecule has 40 heavy (non-hydrogen) atoms. The Morgan fingerprint density at radius 2 is 1.88 bits per heavy atom. The number of para-hydroxylation sites is 1. The van der Waals surface area contributed by atoms with Gasteiger partial charge in [-0.2, -0.15) is 0 Å². The Bertz CT molecular complexity index is 1690. The van der Waals surface area contributed by atoms with Gasteiger partial charge in [0.2, 0.25) is 0 Å². The van der Waals surface area contributed by atoms with Gasteiger partial charge in [0.25, 0.3) is 5.91 Å². The molecule has 9 nitrogen and oxygen atoms in total. The number of ether oxygens (including phenoxy) is 3. The molecular formula is C28H27F2N3O6S. The van der Waals surface area contributed by atoms with Gasteiger partial charge in [-0.1, -0.05) is 31.2 Å². The molecule has 2 heterocycles. The number of carbonyl (C=O) groups is 1. The summed E-state index contributed by atoms with van der Waals surface area (Å²) >= 11 is 0. The Hall–Kier alpha value is -4.03. The molecular weight excluding hydrogens is 544 g/mol. The van der Waals surface area contributed by atoms with Crippen molar-refractivity contribution in [3.05, 3.63) is 83.2 Å². The third-order valence-corrected chi connectivity index (χ3v) is 8.46. The fourth-order valence-electron chi connectivity index (χ4n) is 4.46. The predicted octanol–water partition coefficient (Wildman–Crippen LogP) is 4.84. The number of benzene rings is 3. The maximum atomic E-state index is 13.7. The van der Waals surface area contributed by atoms with Gasteiger partial charge in [0, 0.05) is 24.8 Å². The van der Waals surface area contributed by atoms with Crippen molar-refractivity contribution in [2.75, 3.05) is 12.9 Å². The van der Waals surface area contributed by atoms with E-state index in [1.165, 1.54) is 25.3 Å². The van der Waals surface area contributed by atoms with Crippen LogP contribution < -0.4 is 14.8 Å². The third kappa shape index (κ3) is 5.36. The molecule has 1 aliphatic heterocycles. The number of rotatable bonds is 9. The second-order valence-corrected chi connectivity index (χ2v) is 11.6. The minimum Gasteiger partial charge on any atom is -0.395 e. The Labute approximate surface area is 229 Å². The number of halogens is 2. The van der Waals surface area contributed by atoms with Crippen LogP contribution in [0.2, 0.25) is 0 Å². The van der Waals surface area contributed by atoms with Crippen LogP contribution in [0.15, 0.2) is 65.6 Å². The van der Waals surface area contributed by atoms with Crippen LogP contribution in [0, 0.1) is 0 Å². The Balaban J connectivity index is 1.39. The van der Waals surface area contributed by atoms with E-state index in [1.807, 2.05) is 11.5 Å². The lowest BCUT2D eigenvalue weighted by molar-refractivity contribution is -0.286. The first kappa shape index (κ1) is 27.5. The molecule has 4 aromatic rings. The van der Waals surface area contributed by atoms with Crippen LogP contribution in [-0.4, -0.2) is 43.0 Å². The molecule has 0 saturated heterocycles. The number of amides is 1. The molecule has 210 valence electrons. The Morgan fingerprint density at radius 1 is 1.12 bits per heavy atom. The van der Waals surface area contributed by atoms with E-state index in [0.29, 0.717) is 28.0 Å². The summed E-state index contributed by atoms with van der Waals surface area (Å²) in [5, 5.41) is 2.83. The number of nitrogens with zero attached hydrogens (tertiary/aromatic N) is 2. The maximum Gasteiger partial charge on any atom is 0.586 e. The quantitative estimate of drug-likeness (QED) is 0.306. The van der Waals surface area contributed by atoms with Gasteiger partial charge < -0.3 is 24.1 Å². The van der Waals surface area contributed by atoms with Crippen LogP contribution in [0.3, 0.4) is 0 Å². The first-order valence-corrected chi connectivity index (χ1v) is 14.2. The SMILES string of the molecule is CCS(=O)(=O)c1ccc(CNC(=O)c2ccc3c(c2)nc([C@@H](C)OC)n3Cc2cccc3c2OC(F)(F)O3)cc1. The zero-order valence-corrected chi connectivity index (χ0v) is 22.8. The van der Waals surface area contributed by atoms with Crippen molar-refractivity contribution in [1.82, 2.24) is 14.9 Å². The molecule has 0 radical (unpaired) electrons. The highest BCUT2D eigenvalue weighted by molar-refractivity contribution is 7.91. The van der Waals surface area contributed by atoms with E-state index in [4.69, 9.17) is 9.47 Å². The first-order chi connectivity index (χ1) is 19.0. The fourth-order valence-corrected chi connectivity index (χ4v) is 5.34. The topological polar surface area (TPSA) is 109 Å². The standard InChI is InChI=1S/C28H27F2N3O6S/c1-4-40(35,36)21-11-8-18(9-12-21)15-31-27(34)19-10-13-23-22(14-19)32-26(17(2)37-3)33(23)16-20-6-5-7-24-25(20)39-28(29,30)38-24/h5-14,17H,4,15-16H2,1-3H3,(H,31,34)/t17-/m1/s1. The van der Waals surface area contributed by atoms with E-state index in [2.05, 4.69) is 15.0 Å². The number of fused-ring (bicyclic) bond motifs is 2. The second-order valence-electron chi connectivity index (χ2n) is 9.28. The highest BCUT2D eigenvalue weighted by atomic mass is 32.2. The molecule has 0 saturated carbocycles. The van der Waals surface area contributed by atoms with E-state index < -0.39 is 22.2 Å². The molecule has 1 N–H and O–H groups in total. The monoisotopic (exact) mass is 571 g/mol. The molecule has 3 aromatic carbocycles. The molecule has 0 aliphatic carbocycles. The number of alkyl halides is 2. The lowest BCUT2D eigenvalue weighted by Crippen LogP contribution is -2.26. The number of hydrogen-bond acceptors (Lipinski definition) is 7. The molecule has 0 spiro atoms. The van der Waals surface area contributed by atoms with Crippen LogP contribution in [0.1, 0.15) is 47.3 Å². The van der Waals surface area contributed by atoms with Gasteiger partial charge >= 0.3 is 6.29 Å². The summed E-state index contributed by atoms with van der Waals surface area (Å²) in [6.45, 7) is 3.75. The molecule has 12 heteroatoms. The minimum absolute atomic E-state index is 0.0118. The zero-order chi connectivity index (χ0) is 28.7. The van der Waals surface area contributed by atoms with Crippen molar-refractivity contribution < 1.29 is 36.2 Å². The second kappa shape index (κ2) is 10.5. The van der Waals surface area contributed by atoms with Crippen LogP contribution in [0.4, 0.5) is 8.78 Å². The van der Waals surface area contributed by atoms with Gasteiger partial charge in [0.05, 0.1) is 28.2 Å². The molecule has 5 rings (SSSR count). The highest BCUT2D eigenvalue weighted by Gasteiger charge is 2.44. The molecule has 0 unspecified atom stereocenters. The zero-order valence-electron chi connectivity index (χ0n) is 22.0. The van der Waals surface area contributed by atoms with Crippen molar-refractivity contribution >= 4 is 26.8 Å². The van der Waals surface area contributed by atoms with E-state index in [0.717, 1.165) is 5.56 Å². The Morgan fingerprint density at radius 3 is 2.58 bits per heavy atom. The number of nitrogens with one attached hydrogen (secondary N) is 1. The van der Waals surface area contributed by atoms with Crippen LogP contribution in [0.25, 0.3) is 11.0 Å². The average Bonchev–Trinajstić information content (AvgIpc) is 3.47. The van der Waals surface area contributed by atoms with Gasteiger partial charge in [0.1, 0.15) is 11.9 Å². The summed E-state index contributed by atoms with van der Waals surface area (Å²) < 4.78 is 68.1.